The third kappa shape index (κ3) is 3.72. The molecule has 0 radical (unpaired) electrons. The van der Waals surface area contributed by atoms with E-state index in [0.717, 1.165) is 54.0 Å². The number of likely N-dealkylation sites (tertiary alicyclic amines) is 1. The molecule has 19 heavy (non-hydrogen) atoms. The van der Waals surface area contributed by atoms with Crippen LogP contribution in [0.5, 0.6) is 0 Å². The molecule has 1 fully saturated rings. The molecule has 2 amide bonds. The molecule has 0 saturated carbocycles. The van der Waals surface area contributed by atoms with Gasteiger partial charge in [0.05, 0.1) is 0 Å². The van der Waals surface area contributed by atoms with Gasteiger partial charge in [-0.3, -0.25) is 0 Å². The number of urea groups is 1. The summed E-state index contributed by atoms with van der Waals surface area (Å²) in [6.07, 6.45) is 3.12. The summed E-state index contributed by atoms with van der Waals surface area (Å²) in [6.45, 7) is 6.08. The van der Waals surface area contributed by atoms with Gasteiger partial charge in [-0.2, -0.15) is 0 Å². The molecule has 1 aromatic carbocycles. The molecule has 1 aliphatic rings. The third-order valence-corrected chi connectivity index (χ3v) is 4.25. The molecular weight excluding hydrogens is 304 g/mol. The number of hydrogen-bond donors (Lipinski definition) is 1. The number of halogens is 1. The Bertz CT molecular complexity index is 453. The molecule has 0 aliphatic carbocycles. The van der Waals surface area contributed by atoms with Crippen LogP contribution in [0.1, 0.15) is 32.3 Å². The quantitative estimate of drug-likeness (QED) is 0.865. The lowest BCUT2D eigenvalue weighted by molar-refractivity contribution is 0.186. The summed E-state index contributed by atoms with van der Waals surface area (Å²) in [5.41, 5.74) is 2.09. The monoisotopic (exact) mass is 324 g/mol. The van der Waals surface area contributed by atoms with Crippen LogP contribution in [0, 0.1) is 5.92 Å². The molecule has 0 bridgehead atoms. The van der Waals surface area contributed by atoms with Crippen LogP contribution in [0.15, 0.2) is 22.7 Å². The fourth-order valence-corrected chi connectivity index (χ4v) is 2.79. The number of carbonyl (C=O) groups excluding carboxylic acids is 1. The first-order chi connectivity index (χ1) is 9.10. The first kappa shape index (κ1) is 14.4. The fraction of sp³-hybridized carbons (Fsp3) is 0.533. The van der Waals surface area contributed by atoms with Crippen LogP contribution in [0.3, 0.4) is 0 Å². The predicted octanol–water partition coefficient (Wildman–Crippen LogP) is 4.28. The number of aryl methyl sites for hydroxylation is 1. The number of rotatable bonds is 2. The summed E-state index contributed by atoms with van der Waals surface area (Å²) in [7, 11) is 0. The maximum Gasteiger partial charge on any atom is 0.321 e. The van der Waals surface area contributed by atoms with Gasteiger partial charge in [0.25, 0.3) is 0 Å². The summed E-state index contributed by atoms with van der Waals surface area (Å²) in [5, 5.41) is 3.04. The number of nitrogens with one attached hydrogen (secondary N) is 1. The Balaban J connectivity index is 2.02. The number of anilines is 1. The van der Waals surface area contributed by atoms with Gasteiger partial charge < -0.3 is 10.2 Å². The van der Waals surface area contributed by atoms with Gasteiger partial charge >= 0.3 is 6.03 Å². The van der Waals surface area contributed by atoms with E-state index in [1.165, 1.54) is 0 Å². The van der Waals surface area contributed by atoms with E-state index in [4.69, 9.17) is 0 Å². The highest BCUT2D eigenvalue weighted by Gasteiger charge is 2.20. The zero-order chi connectivity index (χ0) is 13.8. The van der Waals surface area contributed by atoms with E-state index in [1.807, 2.05) is 17.0 Å². The van der Waals surface area contributed by atoms with E-state index in [9.17, 15) is 4.79 Å². The Morgan fingerprint density at radius 1 is 1.42 bits per heavy atom. The molecule has 1 aliphatic heterocycles. The standard InChI is InChI=1S/C15H21BrN2O/c1-3-12-10-13(16)4-5-14(12)17-15(19)18-8-6-11(2)7-9-18/h4-5,10-11H,3,6-9H2,1-2H3,(H,17,19). The lowest BCUT2D eigenvalue weighted by atomic mass is 10.00. The number of carbonyl (C=O) groups is 1. The Kier molecular flexibility index (Phi) is 4.86. The van der Waals surface area contributed by atoms with Crippen molar-refractivity contribution in [3.8, 4) is 0 Å². The number of piperidine rings is 1. The summed E-state index contributed by atoms with van der Waals surface area (Å²) in [4.78, 5) is 14.1. The van der Waals surface area contributed by atoms with Crippen LogP contribution >= 0.6 is 15.9 Å². The predicted molar refractivity (Wildman–Crippen MR) is 82.5 cm³/mol. The van der Waals surface area contributed by atoms with Crippen LogP contribution < -0.4 is 5.32 Å². The van der Waals surface area contributed by atoms with E-state index in [-0.39, 0.29) is 6.03 Å². The minimum atomic E-state index is 0.0314. The highest BCUT2D eigenvalue weighted by Crippen LogP contribution is 2.23. The van der Waals surface area contributed by atoms with E-state index in [0.29, 0.717) is 0 Å². The second kappa shape index (κ2) is 6.42. The molecule has 3 nitrogen and oxygen atoms in total. The third-order valence-electron chi connectivity index (χ3n) is 3.76. The molecule has 0 unspecified atom stereocenters. The van der Waals surface area contributed by atoms with Crippen molar-refractivity contribution in [1.29, 1.82) is 0 Å². The first-order valence-electron chi connectivity index (χ1n) is 6.94. The van der Waals surface area contributed by atoms with Gasteiger partial charge in [0.15, 0.2) is 0 Å². The van der Waals surface area contributed by atoms with Gasteiger partial charge in [-0.15, -0.1) is 0 Å². The summed E-state index contributed by atoms with van der Waals surface area (Å²) in [6, 6.07) is 6.03. The molecule has 0 atom stereocenters. The fourth-order valence-electron chi connectivity index (χ4n) is 2.38. The SMILES string of the molecule is CCc1cc(Br)ccc1NC(=O)N1CCC(C)CC1. The van der Waals surface area contributed by atoms with Crippen molar-refractivity contribution in [2.45, 2.75) is 33.1 Å². The largest absolute Gasteiger partial charge is 0.325 e. The smallest absolute Gasteiger partial charge is 0.321 e. The van der Waals surface area contributed by atoms with Gasteiger partial charge in [-0.05, 0) is 48.9 Å². The maximum atomic E-state index is 12.2. The zero-order valence-electron chi connectivity index (χ0n) is 11.6. The molecule has 1 N–H and O–H groups in total. The average Bonchev–Trinajstić information content (AvgIpc) is 2.41. The van der Waals surface area contributed by atoms with Crippen molar-refractivity contribution >= 4 is 27.6 Å². The van der Waals surface area contributed by atoms with Crippen LogP contribution in [0.4, 0.5) is 10.5 Å². The molecule has 104 valence electrons. The number of nitrogens with zero attached hydrogens (tertiary/aromatic N) is 1. The van der Waals surface area contributed by atoms with E-state index >= 15 is 0 Å². The summed E-state index contributed by atoms with van der Waals surface area (Å²) < 4.78 is 1.05. The van der Waals surface area contributed by atoms with Crippen molar-refractivity contribution in [2.24, 2.45) is 5.92 Å². The van der Waals surface area contributed by atoms with Crippen LogP contribution in [0.25, 0.3) is 0 Å². The van der Waals surface area contributed by atoms with Crippen molar-refractivity contribution in [3.63, 3.8) is 0 Å². The number of hydrogen-bond acceptors (Lipinski definition) is 1. The summed E-state index contributed by atoms with van der Waals surface area (Å²) >= 11 is 3.46. The molecule has 1 saturated heterocycles. The Hall–Kier alpha value is -1.03. The van der Waals surface area contributed by atoms with Crippen molar-refractivity contribution in [1.82, 2.24) is 4.90 Å². The van der Waals surface area contributed by atoms with Gasteiger partial charge in [0.1, 0.15) is 0 Å². The highest BCUT2D eigenvalue weighted by atomic mass is 79.9. The first-order valence-corrected chi connectivity index (χ1v) is 7.73. The molecule has 1 aromatic rings. The molecule has 0 spiro atoms. The van der Waals surface area contributed by atoms with E-state index in [2.05, 4.69) is 41.2 Å². The second-order valence-corrected chi connectivity index (χ2v) is 6.17. The molecule has 4 heteroatoms. The normalized spacial score (nSPS) is 16.5. The molecule has 1 heterocycles. The van der Waals surface area contributed by atoms with Crippen LogP contribution in [-0.2, 0) is 6.42 Å². The van der Waals surface area contributed by atoms with Gasteiger partial charge in [-0.1, -0.05) is 29.8 Å². The lowest BCUT2D eigenvalue weighted by Crippen LogP contribution is -2.40. The minimum Gasteiger partial charge on any atom is -0.325 e. The number of benzene rings is 1. The van der Waals surface area contributed by atoms with Crippen molar-refractivity contribution < 1.29 is 4.79 Å². The topological polar surface area (TPSA) is 32.3 Å². The maximum absolute atomic E-state index is 12.2. The highest BCUT2D eigenvalue weighted by molar-refractivity contribution is 9.10. The van der Waals surface area contributed by atoms with Crippen LogP contribution in [-0.4, -0.2) is 24.0 Å². The molecule has 2 rings (SSSR count). The van der Waals surface area contributed by atoms with Gasteiger partial charge in [0.2, 0.25) is 0 Å². The Labute approximate surface area is 123 Å². The second-order valence-electron chi connectivity index (χ2n) is 5.25. The Morgan fingerprint density at radius 2 is 2.11 bits per heavy atom. The zero-order valence-corrected chi connectivity index (χ0v) is 13.2. The van der Waals surface area contributed by atoms with Crippen molar-refractivity contribution in [3.05, 3.63) is 28.2 Å². The molecular formula is C15H21BrN2O. The molecule has 0 aromatic heterocycles. The van der Waals surface area contributed by atoms with E-state index in [1.54, 1.807) is 0 Å². The van der Waals surface area contributed by atoms with Crippen molar-refractivity contribution in [2.75, 3.05) is 18.4 Å². The van der Waals surface area contributed by atoms with Gasteiger partial charge in [-0.25, -0.2) is 4.79 Å². The Morgan fingerprint density at radius 3 is 2.74 bits per heavy atom. The minimum absolute atomic E-state index is 0.0314. The van der Waals surface area contributed by atoms with Gasteiger partial charge in [0, 0.05) is 23.2 Å². The lowest BCUT2D eigenvalue weighted by Gasteiger charge is -2.30. The van der Waals surface area contributed by atoms with Crippen LogP contribution in [0.2, 0.25) is 0 Å². The summed E-state index contributed by atoms with van der Waals surface area (Å²) in [5.74, 6) is 0.739. The average molecular weight is 325 g/mol. The van der Waals surface area contributed by atoms with E-state index < -0.39 is 0 Å². The number of amides is 2.